The van der Waals surface area contributed by atoms with Crippen molar-refractivity contribution in [1.82, 2.24) is 9.97 Å². The standard InChI is InChI=1S/C15H18N2O/c1-9(2)13-8-14(18)17-15(16-13)12-6-10(3)5-11(4)7-12/h5-9H,1-4H3,(H,16,17,18). The quantitative estimate of drug-likeness (QED) is 0.879. The van der Waals surface area contributed by atoms with Gasteiger partial charge in [-0.05, 0) is 31.9 Å². The molecule has 0 bridgehead atoms. The number of hydrogen-bond acceptors (Lipinski definition) is 2. The number of rotatable bonds is 2. The molecular formula is C15H18N2O. The van der Waals surface area contributed by atoms with Crippen molar-refractivity contribution in [2.24, 2.45) is 0 Å². The molecule has 2 rings (SSSR count). The molecule has 18 heavy (non-hydrogen) atoms. The van der Waals surface area contributed by atoms with Crippen LogP contribution in [-0.2, 0) is 0 Å². The van der Waals surface area contributed by atoms with Gasteiger partial charge in [0.15, 0.2) is 0 Å². The first kappa shape index (κ1) is 12.6. The maximum atomic E-state index is 11.7. The van der Waals surface area contributed by atoms with Crippen LogP contribution in [0.1, 0.15) is 36.6 Å². The van der Waals surface area contributed by atoms with Gasteiger partial charge in [0.2, 0.25) is 0 Å². The van der Waals surface area contributed by atoms with Crippen LogP contribution in [0.5, 0.6) is 0 Å². The van der Waals surface area contributed by atoms with Crippen LogP contribution in [-0.4, -0.2) is 9.97 Å². The van der Waals surface area contributed by atoms with Crippen molar-refractivity contribution in [2.45, 2.75) is 33.6 Å². The second-order valence-corrected chi connectivity index (χ2v) is 5.05. The van der Waals surface area contributed by atoms with Crippen molar-refractivity contribution >= 4 is 0 Å². The van der Waals surface area contributed by atoms with Crippen LogP contribution in [0.25, 0.3) is 11.4 Å². The van der Waals surface area contributed by atoms with Gasteiger partial charge in [-0.2, -0.15) is 0 Å². The summed E-state index contributed by atoms with van der Waals surface area (Å²) in [6.45, 7) is 8.15. The molecule has 1 heterocycles. The zero-order valence-electron chi connectivity index (χ0n) is 11.2. The van der Waals surface area contributed by atoms with E-state index in [0.717, 1.165) is 11.3 Å². The fraction of sp³-hybridized carbons (Fsp3) is 0.333. The fourth-order valence-electron chi connectivity index (χ4n) is 2.02. The number of aryl methyl sites for hydroxylation is 2. The molecule has 1 N–H and O–H groups in total. The average molecular weight is 242 g/mol. The highest BCUT2D eigenvalue weighted by Crippen LogP contribution is 2.19. The minimum atomic E-state index is -0.0946. The Morgan fingerprint density at radius 2 is 1.67 bits per heavy atom. The minimum Gasteiger partial charge on any atom is -0.307 e. The van der Waals surface area contributed by atoms with Gasteiger partial charge >= 0.3 is 0 Å². The highest BCUT2D eigenvalue weighted by Gasteiger charge is 2.07. The molecular weight excluding hydrogens is 224 g/mol. The Hall–Kier alpha value is -1.90. The smallest absolute Gasteiger partial charge is 0.251 e. The summed E-state index contributed by atoms with van der Waals surface area (Å²) in [5.41, 5.74) is 4.04. The molecule has 0 amide bonds. The third-order valence-electron chi connectivity index (χ3n) is 2.85. The molecule has 0 fully saturated rings. The van der Waals surface area contributed by atoms with Crippen LogP contribution in [0.3, 0.4) is 0 Å². The van der Waals surface area contributed by atoms with E-state index < -0.39 is 0 Å². The van der Waals surface area contributed by atoms with Gasteiger partial charge in [0.1, 0.15) is 5.82 Å². The fourth-order valence-corrected chi connectivity index (χ4v) is 2.02. The molecule has 0 atom stereocenters. The highest BCUT2D eigenvalue weighted by molar-refractivity contribution is 5.57. The monoisotopic (exact) mass is 242 g/mol. The van der Waals surface area contributed by atoms with Gasteiger partial charge in [-0.15, -0.1) is 0 Å². The summed E-state index contributed by atoms with van der Waals surface area (Å²) in [6.07, 6.45) is 0. The van der Waals surface area contributed by atoms with Crippen molar-refractivity contribution in [3.63, 3.8) is 0 Å². The summed E-state index contributed by atoms with van der Waals surface area (Å²) in [7, 11) is 0. The second-order valence-electron chi connectivity index (χ2n) is 5.05. The number of nitrogens with zero attached hydrogens (tertiary/aromatic N) is 1. The first-order chi connectivity index (χ1) is 8.45. The molecule has 94 valence electrons. The summed E-state index contributed by atoms with van der Waals surface area (Å²) in [5.74, 6) is 0.898. The largest absolute Gasteiger partial charge is 0.307 e. The van der Waals surface area contributed by atoms with Gasteiger partial charge in [-0.1, -0.05) is 31.0 Å². The van der Waals surface area contributed by atoms with Gasteiger partial charge < -0.3 is 4.98 Å². The molecule has 0 aliphatic carbocycles. The SMILES string of the molecule is Cc1cc(C)cc(-c2nc(C(C)C)cc(=O)[nH]2)c1. The molecule has 3 heteroatoms. The predicted molar refractivity (Wildman–Crippen MR) is 73.9 cm³/mol. The third-order valence-corrected chi connectivity index (χ3v) is 2.85. The molecule has 0 radical (unpaired) electrons. The number of aromatic nitrogens is 2. The average Bonchev–Trinajstić information content (AvgIpc) is 2.26. The van der Waals surface area contributed by atoms with Crippen LogP contribution in [0.4, 0.5) is 0 Å². The van der Waals surface area contributed by atoms with Gasteiger partial charge in [0.25, 0.3) is 5.56 Å². The van der Waals surface area contributed by atoms with E-state index in [1.165, 1.54) is 11.1 Å². The minimum absolute atomic E-state index is 0.0946. The third kappa shape index (κ3) is 2.67. The first-order valence-corrected chi connectivity index (χ1v) is 6.15. The molecule has 3 nitrogen and oxygen atoms in total. The highest BCUT2D eigenvalue weighted by atomic mass is 16.1. The van der Waals surface area contributed by atoms with E-state index in [0.29, 0.717) is 5.82 Å². The maximum Gasteiger partial charge on any atom is 0.251 e. The van der Waals surface area contributed by atoms with E-state index >= 15 is 0 Å². The Labute approximate surface area is 107 Å². The van der Waals surface area contributed by atoms with E-state index in [9.17, 15) is 4.79 Å². The van der Waals surface area contributed by atoms with Crippen LogP contribution >= 0.6 is 0 Å². The van der Waals surface area contributed by atoms with E-state index in [1.54, 1.807) is 6.07 Å². The number of aromatic amines is 1. The Kier molecular flexibility index (Phi) is 3.32. The zero-order valence-corrected chi connectivity index (χ0v) is 11.2. The van der Waals surface area contributed by atoms with Crippen molar-refractivity contribution < 1.29 is 0 Å². The Morgan fingerprint density at radius 1 is 1.06 bits per heavy atom. The van der Waals surface area contributed by atoms with E-state index in [1.807, 2.05) is 39.8 Å². The number of hydrogen-bond donors (Lipinski definition) is 1. The molecule has 0 unspecified atom stereocenters. The molecule has 2 aromatic rings. The number of benzene rings is 1. The van der Waals surface area contributed by atoms with Gasteiger partial charge in [-0.3, -0.25) is 4.79 Å². The summed E-state index contributed by atoms with van der Waals surface area (Å²) in [6, 6.07) is 7.75. The lowest BCUT2D eigenvalue weighted by atomic mass is 10.1. The van der Waals surface area contributed by atoms with Crippen molar-refractivity contribution in [2.75, 3.05) is 0 Å². The van der Waals surface area contributed by atoms with Gasteiger partial charge in [0.05, 0.1) is 5.69 Å². The zero-order chi connectivity index (χ0) is 13.3. The predicted octanol–water partition coefficient (Wildman–Crippen LogP) is 3.18. The summed E-state index contributed by atoms with van der Waals surface area (Å²) in [4.78, 5) is 19.0. The van der Waals surface area contributed by atoms with E-state index in [-0.39, 0.29) is 11.5 Å². The van der Waals surface area contributed by atoms with Gasteiger partial charge in [-0.25, -0.2) is 4.98 Å². The van der Waals surface area contributed by atoms with Crippen molar-refractivity contribution in [3.05, 3.63) is 51.4 Å². The summed E-state index contributed by atoms with van der Waals surface area (Å²) >= 11 is 0. The van der Waals surface area contributed by atoms with Gasteiger partial charge in [0, 0.05) is 11.6 Å². The van der Waals surface area contributed by atoms with Crippen LogP contribution in [0.2, 0.25) is 0 Å². The van der Waals surface area contributed by atoms with Crippen LogP contribution in [0.15, 0.2) is 29.1 Å². The normalized spacial score (nSPS) is 10.9. The number of nitrogens with one attached hydrogen (secondary N) is 1. The van der Waals surface area contributed by atoms with Crippen LogP contribution in [0, 0.1) is 13.8 Å². The molecule has 0 aliphatic rings. The lowest BCUT2D eigenvalue weighted by Crippen LogP contribution is -2.11. The van der Waals surface area contributed by atoms with Crippen molar-refractivity contribution in [3.8, 4) is 11.4 Å². The van der Waals surface area contributed by atoms with E-state index in [4.69, 9.17) is 0 Å². The Bertz CT molecular complexity index is 606. The number of H-pyrrole nitrogens is 1. The lowest BCUT2D eigenvalue weighted by molar-refractivity contribution is 0.812. The first-order valence-electron chi connectivity index (χ1n) is 6.15. The Balaban J connectivity index is 2.60. The second kappa shape index (κ2) is 4.77. The molecule has 1 aromatic heterocycles. The summed E-state index contributed by atoms with van der Waals surface area (Å²) < 4.78 is 0. The molecule has 0 spiro atoms. The summed E-state index contributed by atoms with van der Waals surface area (Å²) in [5, 5.41) is 0. The lowest BCUT2D eigenvalue weighted by Gasteiger charge is -2.08. The topological polar surface area (TPSA) is 45.8 Å². The molecule has 0 saturated heterocycles. The maximum absolute atomic E-state index is 11.7. The van der Waals surface area contributed by atoms with E-state index in [2.05, 4.69) is 16.0 Å². The van der Waals surface area contributed by atoms with Crippen LogP contribution < -0.4 is 5.56 Å². The molecule has 0 aliphatic heterocycles. The Morgan fingerprint density at radius 3 is 2.22 bits per heavy atom. The molecule has 0 saturated carbocycles. The molecule has 1 aromatic carbocycles. The van der Waals surface area contributed by atoms with Crippen molar-refractivity contribution in [1.29, 1.82) is 0 Å².